The van der Waals surface area contributed by atoms with Crippen molar-refractivity contribution in [3.8, 4) is 11.1 Å². The molecule has 6 heteroatoms. The highest BCUT2D eigenvalue weighted by Gasteiger charge is 2.23. The summed E-state index contributed by atoms with van der Waals surface area (Å²) in [6, 6.07) is 13.6. The van der Waals surface area contributed by atoms with Gasteiger partial charge in [0.25, 0.3) is 5.91 Å². The maximum absolute atomic E-state index is 12.8. The number of hydrogen-bond acceptors (Lipinski definition) is 4. The van der Waals surface area contributed by atoms with Crippen LogP contribution in [0.25, 0.3) is 11.1 Å². The molecule has 3 heterocycles. The van der Waals surface area contributed by atoms with Gasteiger partial charge in [-0.2, -0.15) is 5.10 Å². The van der Waals surface area contributed by atoms with Crippen molar-refractivity contribution in [2.24, 2.45) is 0 Å². The van der Waals surface area contributed by atoms with E-state index in [4.69, 9.17) is 0 Å². The molecule has 1 aliphatic rings. The number of nitrogens with zero attached hydrogens (tertiary/aromatic N) is 4. The highest BCUT2D eigenvalue weighted by molar-refractivity contribution is 5.95. The third kappa shape index (κ3) is 3.24. The van der Waals surface area contributed by atoms with Crippen molar-refractivity contribution >= 4 is 11.7 Å². The van der Waals surface area contributed by atoms with Crippen LogP contribution in [0, 0.1) is 0 Å². The second kappa shape index (κ2) is 6.76. The summed E-state index contributed by atoms with van der Waals surface area (Å²) < 4.78 is 0. The number of carbonyl (C=O) groups is 1. The number of rotatable bonds is 3. The molecular weight excluding hydrogens is 314 g/mol. The van der Waals surface area contributed by atoms with Gasteiger partial charge in [-0.3, -0.25) is 9.89 Å². The minimum atomic E-state index is 0.0750. The van der Waals surface area contributed by atoms with Crippen LogP contribution in [0.3, 0.4) is 0 Å². The fourth-order valence-electron chi connectivity index (χ4n) is 3.10. The normalized spacial score (nSPS) is 14.6. The van der Waals surface area contributed by atoms with Crippen LogP contribution < -0.4 is 4.90 Å². The minimum absolute atomic E-state index is 0.0750. The molecule has 0 bridgehead atoms. The molecule has 6 nitrogen and oxygen atoms in total. The molecule has 0 atom stereocenters. The number of aromatic amines is 1. The standard InChI is InChI=1S/C19H19N5O/c25-19(16-5-3-4-15(12-16)17-13-21-22-14-17)24-10-8-23(9-11-24)18-6-1-2-7-20-18/h1-7,12-14H,8-11H2,(H,21,22). The molecular formula is C19H19N5O. The van der Waals surface area contributed by atoms with Gasteiger partial charge >= 0.3 is 0 Å². The third-order valence-electron chi connectivity index (χ3n) is 4.48. The highest BCUT2D eigenvalue weighted by Crippen LogP contribution is 2.20. The lowest BCUT2D eigenvalue weighted by atomic mass is 10.1. The molecule has 1 fully saturated rings. The molecule has 1 saturated heterocycles. The maximum Gasteiger partial charge on any atom is 0.253 e. The molecule has 0 spiro atoms. The van der Waals surface area contributed by atoms with E-state index in [9.17, 15) is 4.79 Å². The number of hydrogen-bond donors (Lipinski definition) is 1. The van der Waals surface area contributed by atoms with Crippen LogP contribution in [0.4, 0.5) is 5.82 Å². The van der Waals surface area contributed by atoms with Crippen molar-refractivity contribution in [1.82, 2.24) is 20.1 Å². The summed E-state index contributed by atoms with van der Waals surface area (Å²) in [4.78, 5) is 21.3. The quantitative estimate of drug-likeness (QED) is 0.799. The molecule has 0 aliphatic carbocycles. The number of anilines is 1. The van der Waals surface area contributed by atoms with Gasteiger partial charge in [0.15, 0.2) is 0 Å². The van der Waals surface area contributed by atoms with Gasteiger partial charge in [-0.25, -0.2) is 4.98 Å². The summed E-state index contributed by atoms with van der Waals surface area (Å²) in [5.41, 5.74) is 2.69. The lowest BCUT2D eigenvalue weighted by molar-refractivity contribution is 0.0746. The topological polar surface area (TPSA) is 65.1 Å². The molecule has 1 aliphatic heterocycles. The number of piperazine rings is 1. The van der Waals surface area contributed by atoms with Crippen molar-refractivity contribution in [2.45, 2.75) is 0 Å². The van der Waals surface area contributed by atoms with Crippen LogP contribution in [-0.2, 0) is 0 Å². The molecule has 3 aromatic rings. The Bertz CT molecular complexity index is 839. The van der Waals surface area contributed by atoms with Gasteiger partial charge in [0.1, 0.15) is 5.82 Å². The largest absolute Gasteiger partial charge is 0.353 e. The molecule has 0 saturated carbocycles. The van der Waals surface area contributed by atoms with Gasteiger partial charge < -0.3 is 9.80 Å². The summed E-state index contributed by atoms with van der Waals surface area (Å²) in [6.45, 7) is 2.99. The summed E-state index contributed by atoms with van der Waals surface area (Å²) >= 11 is 0. The first kappa shape index (κ1) is 15.4. The lowest BCUT2D eigenvalue weighted by Crippen LogP contribution is -2.49. The Morgan fingerprint density at radius 1 is 1.00 bits per heavy atom. The van der Waals surface area contributed by atoms with E-state index in [-0.39, 0.29) is 5.91 Å². The second-order valence-electron chi connectivity index (χ2n) is 6.03. The van der Waals surface area contributed by atoms with E-state index in [0.717, 1.165) is 30.0 Å². The zero-order valence-corrected chi connectivity index (χ0v) is 13.8. The highest BCUT2D eigenvalue weighted by atomic mass is 16.2. The SMILES string of the molecule is O=C(c1cccc(-c2cn[nH]c2)c1)N1CCN(c2ccccn2)CC1. The molecule has 25 heavy (non-hydrogen) atoms. The van der Waals surface area contributed by atoms with E-state index < -0.39 is 0 Å². The zero-order chi connectivity index (χ0) is 17.1. The number of benzene rings is 1. The molecule has 4 rings (SSSR count). The minimum Gasteiger partial charge on any atom is -0.353 e. The van der Waals surface area contributed by atoms with E-state index in [2.05, 4.69) is 20.1 Å². The second-order valence-corrected chi connectivity index (χ2v) is 6.03. The Hall–Kier alpha value is -3.15. The number of nitrogens with one attached hydrogen (secondary N) is 1. The van der Waals surface area contributed by atoms with E-state index >= 15 is 0 Å². The molecule has 2 aromatic heterocycles. The fraction of sp³-hybridized carbons (Fsp3) is 0.211. The lowest BCUT2D eigenvalue weighted by Gasteiger charge is -2.35. The maximum atomic E-state index is 12.8. The average molecular weight is 333 g/mol. The fourth-order valence-corrected chi connectivity index (χ4v) is 3.10. The predicted molar refractivity (Wildman–Crippen MR) is 96.4 cm³/mol. The molecule has 0 unspecified atom stereocenters. The summed E-state index contributed by atoms with van der Waals surface area (Å²) in [5.74, 6) is 1.04. The number of pyridine rings is 1. The van der Waals surface area contributed by atoms with Gasteiger partial charge in [0.05, 0.1) is 6.20 Å². The molecule has 0 radical (unpaired) electrons. The van der Waals surface area contributed by atoms with Crippen LogP contribution in [-0.4, -0.2) is 52.2 Å². The van der Waals surface area contributed by atoms with Gasteiger partial charge in [-0.15, -0.1) is 0 Å². The molecule has 1 amide bonds. The summed E-state index contributed by atoms with van der Waals surface area (Å²) in [6.07, 6.45) is 5.39. The smallest absolute Gasteiger partial charge is 0.253 e. The van der Waals surface area contributed by atoms with E-state index in [1.54, 1.807) is 12.4 Å². The molecule has 1 N–H and O–H groups in total. The summed E-state index contributed by atoms with van der Waals surface area (Å²) in [7, 11) is 0. The third-order valence-corrected chi connectivity index (χ3v) is 4.48. The van der Waals surface area contributed by atoms with Crippen molar-refractivity contribution in [2.75, 3.05) is 31.1 Å². The van der Waals surface area contributed by atoms with E-state index in [0.29, 0.717) is 18.7 Å². The Morgan fingerprint density at radius 2 is 1.88 bits per heavy atom. The zero-order valence-electron chi connectivity index (χ0n) is 13.8. The van der Waals surface area contributed by atoms with E-state index in [1.807, 2.05) is 53.6 Å². The first-order chi connectivity index (χ1) is 12.3. The Labute approximate surface area is 146 Å². The van der Waals surface area contributed by atoms with Crippen LogP contribution in [0.2, 0.25) is 0 Å². The first-order valence-corrected chi connectivity index (χ1v) is 8.36. The average Bonchev–Trinajstić information content (AvgIpc) is 3.23. The van der Waals surface area contributed by atoms with Gasteiger partial charge in [-0.05, 0) is 29.8 Å². The Kier molecular flexibility index (Phi) is 4.16. The number of carbonyl (C=O) groups excluding carboxylic acids is 1. The number of amides is 1. The van der Waals surface area contributed by atoms with Crippen LogP contribution in [0.1, 0.15) is 10.4 Å². The first-order valence-electron chi connectivity index (χ1n) is 8.36. The van der Waals surface area contributed by atoms with E-state index in [1.165, 1.54) is 0 Å². The summed E-state index contributed by atoms with van der Waals surface area (Å²) in [5, 5.41) is 6.77. The number of H-pyrrole nitrogens is 1. The van der Waals surface area contributed by atoms with Crippen molar-refractivity contribution in [3.63, 3.8) is 0 Å². The van der Waals surface area contributed by atoms with Crippen molar-refractivity contribution < 1.29 is 4.79 Å². The predicted octanol–water partition coefficient (Wildman–Crippen LogP) is 2.43. The Balaban J connectivity index is 1.45. The van der Waals surface area contributed by atoms with Gasteiger partial charge in [0.2, 0.25) is 0 Å². The van der Waals surface area contributed by atoms with Crippen LogP contribution >= 0.6 is 0 Å². The molecule has 126 valence electrons. The molecule has 1 aromatic carbocycles. The Morgan fingerprint density at radius 3 is 2.60 bits per heavy atom. The van der Waals surface area contributed by atoms with Crippen molar-refractivity contribution in [3.05, 3.63) is 66.6 Å². The van der Waals surface area contributed by atoms with Gasteiger partial charge in [-0.1, -0.05) is 18.2 Å². The monoisotopic (exact) mass is 333 g/mol. The van der Waals surface area contributed by atoms with Crippen LogP contribution in [0.15, 0.2) is 61.1 Å². The van der Waals surface area contributed by atoms with Crippen LogP contribution in [0.5, 0.6) is 0 Å². The van der Waals surface area contributed by atoms with Gasteiger partial charge in [0, 0.05) is 49.7 Å². The number of aromatic nitrogens is 3. The van der Waals surface area contributed by atoms with Crippen molar-refractivity contribution in [1.29, 1.82) is 0 Å².